The Balaban J connectivity index is 2.03. The van der Waals surface area contributed by atoms with Gasteiger partial charge in [-0.25, -0.2) is 0 Å². The van der Waals surface area contributed by atoms with Crippen molar-refractivity contribution in [2.75, 3.05) is 20.2 Å². The molecule has 0 spiro atoms. The molecule has 1 aliphatic rings. The van der Waals surface area contributed by atoms with Gasteiger partial charge in [-0.15, -0.1) is 0 Å². The highest BCUT2D eigenvalue weighted by Gasteiger charge is 2.40. The molecule has 1 aromatic carbocycles. The second kappa shape index (κ2) is 8.19. The molecule has 140 valence electrons. The van der Waals surface area contributed by atoms with Gasteiger partial charge in [0.25, 0.3) is 0 Å². The third kappa shape index (κ3) is 5.46. The van der Waals surface area contributed by atoms with Crippen LogP contribution < -0.4 is 4.74 Å². The number of carbonyl (C=O) groups excluding carboxylic acids is 2. The molecule has 0 amide bonds. The Labute approximate surface area is 153 Å². The fraction of sp³-hybridized carbons (Fsp3) is 0.526. The van der Waals surface area contributed by atoms with E-state index in [1.54, 1.807) is 49.9 Å². The molecule has 0 saturated carbocycles. The van der Waals surface area contributed by atoms with Crippen molar-refractivity contribution in [2.45, 2.75) is 44.9 Å². The lowest BCUT2D eigenvalue weighted by Gasteiger charge is -2.24. The topological polar surface area (TPSA) is 88.9 Å². The molecule has 26 heavy (non-hydrogen) atoms. The minimum atomic E-state index is -0.587. The normalized spacial score (nSPS) is 20.3. The molecule has 0 aromatic heterocycles. The summed E-state index contributed by atoms with van der Waals surface area (Å²) in [4.78, 5) is 25.9. The van der Waals surface area contributed by atoms with E-state index in [-0.39, 0.29) is 12.6 Å². The molecule has 2 unspecified atom stereocenters. The maximum absolute atomic E-state index is 12.1. The number of ether oxygens (including phenoxy) is 3. The Morgan fingerprint density at radius 3 is 2.46 bits per heavy atom. The predicted octanol–water partition coefficient (Wildman–Crippen LogP) is 1.89. The van der Waals surface area contributed by atoms with Crippen LogP contribution in [0.1, 0.15) is 32.8 Å². The van der Waals surface area contributed by atoms with E-state index < -0.39 is 23.6 Å². The van der Waals surface area contributed by atoms with Gasteiger partial charge in [-0.1, -0.05) is 0 Å². The molecule has 0 radical (unpaired) electrons. The molecule has 1 fully saturated rings. The van der Waals surface area contributed by atoms with E-state index in [1.807, 2.05) is 6.07 Å². The summed E-state index contributed by atoms with van der Waals surface area (Å²) in [5.74, 6) is -0.193. The minimum absolute atomic E-state index is 0.00966. The second-order valence-electron chi connectivity index (χ2n) is 7.17. The Morgan fingerprint density at radius 2 is 1.92 bits per heavy atom. The first kappa shape index (κ1) is 19.7. The zero-order chi connectivity index (χ0) is 19.3. The highest BCUT2D eigenvalue weighted by molar-refractivity contribution is 5.78. The van der Waals surface area contributed by atoms with Gasteiger partial charge in [0, 0.05) is 13.0 Å². The van der Waals surface area contributed by atoms with Crippen molar-refractivity contribution in [1.29, 1.82) is 5.26 Å². The quantitative estimate of drug-likeness (QED) is 0.741. The lowest BCUT2D eigenvalue weighted by molar-refractivity contribution is -0.157. The largest absolute Gasteiger partial charge is 0.489 e. The molecule has 0 N–H and O–H groups in total. The van der Waals surface area contributed by atoms with Crippen LogP contribution >= 0.6 is 0 Å². The van der Waals surface area contributed by atoms with Gasteiger partial charge >= 0.3 is 11.9 Å². The smallest absolute Gasteiger partial charge is 0.323 e. The summed E-state index contributed by atoms with van der Waals surface area (Å²) in [5.41, 5.74) is -0.0431. The number of nitrogens with zero attached hydrogens (tertiary/aromatic N) is 2. The third-order valence-electron chi connectivity index (χ3n) is 3.88. The van der Waals surface area contributed by atoms with Gasteiger partial charge < -0.3 is 14.2 Å². The number of nitriles is 1. The van der Waals surface area contributed by atoms with Crippen molar-refractivity contribution >= 4 is 11.9 Å². The summed E-state index contributed by atoms with van der Waals surface area (Å²) in [6.45, 7) is 5.78. The Bertz CT molecular complexity index is 687. The number of hydrogen-bond acceptors (Lipinski definition) is 7. The standard InChI is InChI=1S/C19H24N2O5/c1-19(2,3)26-17(22)12-21-11-15(9-16(21)18(23)24-4)25-14-7-5-13(10-20)6-8-14/h5-8,15-16H,9,11-12H2,1-4H3. The van der Waals surface area contributed by atoms with Gasteiger partial charge in [-0.2, -0.15) is 5.26 Å². The van der Waals surface area contributed by atoms with E-state index in [9.17, 15) is 9.59 Å². The molecule has 1 saturated heterocycles. The number of hydrogen-bond donors (Lipinski definition) is 0. The first-order valence-electron chi connectivity index (χ1n) is 8.42. The summed E-state index contributed by atoms with van der Waals surface area (Å²) in [7, 11) is 1.32. The summed E-state index contributed by atoms with van der Waals surface area (Å²) in [6, 6.07) is 8.24. The summed E-state index contributed by atoms with van der Waals surface area (Å²) in [6.07, 6.45) is 0.143. The maximum Gasteiger partial charge on any atom is 0.323 e. The average Bonchev–Trinajstić information content (AvgIpc) is 2.95. The highest BCUT2D eigenvalue weighted by atomic mass is 16.6. The van der Waals surface area contributed by atoms with E-state index in [1.165, 1.54) is 7.11 Å². The highest BCUT2D eigenvalue weighted by Crippen LogP contribution is 2.24. The molecule has 7 nitrogen and oxygen atoms in total. The van der Waals surface area contributed by atoms with Crippen LogP contribution in [0.25, 0.3) is 0 Å². The molecule has 0 bridgehead atoms. The van der Waals surface area contributed by atoms with Crippen molar-refractivity contribution in [2.24, 2.45) is 0 Å². The summed E-state index contributed by atoms with van der Waals surface area (Å²) >= 11 is 0. The van der Waals surface area contributed by atoms with Crippen molar-refractivity contribution < 1.29 is 23.8 Å². The van der Waals surface area contributed by atoms with E-state index in [0.717, 1.165) is 0 Å². The monoisotopic (exact) mass is 360 g/mol. The van der Waals surface area contributed by atoms with Crippen LogP contribution in [0.5, 0.6) is 5.75 Å². The average molecular weight is 360 g/mol. The van der Waals surface area contributed by atoms with Crippen LogP contribution in [0.3, 0.4) is 0 Å². The summed E-state index contributed by atoms with van der Waals surface area (Å²) < 4.78 is 16.1. The van der Waals surface area contributed by atoms with E-state index in [0.29, 0.717) is 24.3 Å². The molecule has 1 heterocycles. The van der Waals surface area contributed by atoms with Crippen LogP contribution in [0.15, 0.2) is 24.3 Å². The second-order valence-corrected chi connectivity index (χ2v) is 7.17. The fourth-order valence-corrected chi connectivity index (χ4v) is 2.84. The first-order valence-corrected chi connectivity index (χ1v) is 8.42. The number of esters is 2. The van der Waals surface area contributed by atoms with Gasteiger partial charge in [0.2, 0.25) is 0 Å². The predicted molar refractivity (Wildman–Crippen MR) is 93.4 cm³/mol. The van der Waals surface area contributed by atoms with Gasteiger partial charge in [0.15, 0.2) is 0 Å². The zero-order valence-electron chi connectivity index (χ0n) is 15.5. The van der Waals surface area contributed by atoms with Crippen LogP contribution in [0, 0.1) is 11.3 Å². The van der Waals surface area contributed by atoms with Crippen molar-refractivity contribution in [3.63, 3.8) is 0 Å². The first-order chi connectivity index (χ1) is 12.2. The van der Waals surface area contributed by atoms with Crippen LogP contribution in [-0.2, 0) is 19.1 Å². The van der Waals surface area contributed by atoms with Gasteiger partial charge in [-0.3, -0.25) is 14.5 Å². The molecule has 0 aliphatic carbocycles. The number of rotatable bonds is 5. The third-order valence-corrected chi connectivity index (χ3v) is 3.88. The maximum atomic E-state index is 12.1. The number of methoxy groups -OCH3 is 1. The zero-order valence-corrected chi connectivity index (χ0v) is 15.5. The summed E-state index contributed by atoms with van der Waals surface area (Å²) in [5, 5.41) is 8.84. The Morgan fingerprint density at radius 1 is 1.27 bits per heavy atom. The molecular formula is C19H24N2O5. The van der Waals surface area contributed by atoms with Crippen LogP contribution in [0.4, 0.5) is 0 Å². The molecule has 1 aromatic rings. The molecule has 2 rings (SSSR count). The molecule has 7 heteroatoms. The minimum Gasteiger partial charge on any atom is -0.489 e. The number of carbonyl (C=O) groups is 2. The van der Waals surface area contributed by atoms with Crippen molar-refractivity contribution in [3.05, 3.63) is 29.8 Å². The number of likely N-dealkylation sites (tertiary alicyclic amines) is 1. The van der Waals surface area contributed by atoms with Gasteiger partial charge in [0.1, 0.15) is 23.5 Å². The SMILES string of the molecule is COC(=O)C1CC(Oc2ccc(C#N)cc2)CN1CC(=O)OC(C)(C)C. The Hall–Kier alpha value is -2.59. The lowest BCUT2D eigenvalue weighted by Crippen LogP contribution is -2.42. The van der Waals surface area contributed by atoms with Crippen molar-refractivity contribution in [3.8, 4) is 11.8 Å². The molecule has 2 atom stereocenters. The van der Waals surface area contributed by atoms with E-state index >= 15 is 0 Å². The lowest BCUT2D eigenvalue weighted by atomic mass is 10.2. The van der Waals surface area contributed by atoms with E-state index in [2.05, 4.69) is 0 Å². The van der Waals surface area contributed by atoms with Crippen molar-refractivity contribution in [1.82, 2.24) is 4.90 Å². The Kier molecular flexibility index (Phi) is 6.22. The van der Waals surface area contributed by atoms with E-state index in [4.69, 9.17) is 19.5 Å². The molecule has 1 aliphatic heterocycles. The van der Waals surface area contributed by atoms with Crippen LogP contribution in [-0.4, -0.2) is 54.8 Å². The van der Waals surface area contributed by atoms with Gasteiger partial charge in [-0.05, 0) is 45.0 Å². The number of benzene rings is 1. The van der Waals surface area contributed by atoms with Gasteiger partial charge in [0.05, 0.1) is 25.3 Å². The van der Waals surface area contributed by atoms with Crippen LogP contribution in [0.2, 0.25) is 0 Å². The molecular weight excluding hydrogens is 336 g/mol. The fourth-order valence-electron chi connectivity index (χ4n) is 2.84.